The minimum Gasteiger partial charge on any atom is -0.494 e. The lowest BCUT2D eigenvalue weighted by Crippen LogP contribution is -2.54. The molecule has 0 spiro atoms. The topological polar surface area (TPSA) is 75.6 Å². The molecule has 0 aromatic heterocycles. The molecule has 0 aliphatic carbocycles. The van der Waals surface area contributed by atoms with Gasteiger partial charge >= 0.3 is 5.97 Å². The number of carbonyl (C=O) groups excluding carboxylic acids is 1. The van der Waals surface area contributed by atoms with E-state index in [-0.39, 0.29) is 12.3 Å². The van der Waals surface area contributed by atoms with Crippen molar-refractivity contribution in [2.24, 2.45) is 0 Å². The zero-order chi connectivity index (χ0) is 16.0. The summed E-state index contributed by atoms with van der Waals surface area (Å²) >= 11 is 4.91. The molecule has 1 fully saturated rings. The molecule has 7 heteroatoms. The Morgan fingerprint density at radius 1 is 1.45 bits per heavy atom. The zero-order valence-corrected chi connectivity index (χ0v) is 14.4. The van der Waals surface area contributed by atoms with Crippen LogP contribution in [0.15, 0.2) is 28.7 Å². The van der Waals surface area contributed by atoms with Crippen LogP contribution < -0.4 is 10.1 Å². The fourth-order valence-electron chi connectivity index (χ4n) is 2.19. The Morgan fingerprint density at radius 3 is 2.91 bits per heavy atom. The lowest BCUT2D eigenvalue weighted by molar-refractivity contribution is -0.146. The highest BCUT2D eigenvalue weighted by Crippen LogP contribution is 2.28. The van der Waals surface area contributed by atoms with Crippen LogP contribution in [0.1, 0.15) is 19.3 Å². The van der Waals surface area contributed by atoms with Gasteiger partial charge in [-0.05, 0) is 36.8 Å². The molecule has 1 heterocycles. The smallest absolute Gasteiger partial charge is 0.330 e. The van der Waals surface area contributed by atoms with E-state index in [1.54, 1.807) is 11.8 Å². The Morgan fingerprint density at radius 2 is 2.27 bits per heavy atom. The van der Waals surface area contributed by atoms with Gasteiger partial charge in [-0.1, -0.05) is 22.0 Å². The van der Waals surface area contributed by atoms with E-state index in [9.17, 15) is 14.7 Å². The number of hydrogen-bond acceptors (Lipinski definition) is 4. The van der Waals surface area contributed by atoms with Gasteiger partial charge < -0.3 is 15.2 Å². The molecule has 1 amide bonds. The predicted molar refractivity (Wildman–Crippen MR) is 89.3 cm³/mol. The van der Waals surface area contributed by atoms with E-state index in [1.165, 1.54) is 0 Å². The highest BCUT2D eigenvalue weighted by molar-refractivity contribution is 9.10. The summed E-state index contributed by atoms with van der Waals surface area (Å²) in [7, 11) is 0. The van der Waals surface area contributed by atoms with E-state index in [4.69, 9.17) is 4.74 Å². The number of nitrogens with one attached hydrogen (secondary N) is 1. The van der Waals surface area contributed by atoms with Crippen LogP contribution in [0, 0.1) is 0 Å². The van der Waals surface area contributed by atoms with Crippen LogP contribution in [0.25, 0.3) is 0 Å². The average Bonchev–Trinajstić information content (AvgIpc) is 2.93. The summed E-state index contributed by atoms with van der Waals surface area (Å²) in [4.78, 5) is 23.3. The third kappa shape index (κ3) is 4.64. The normalized spacial score (nSPS) is 20.6. The summed E-state index contributed by atoms with van der Waals surface area (Å²) in [6, 6.07) is 7.49. The second-order valence-corrected chi connectivity index (χ2v) is 7.17. The van der Waals surface area contributed by atoms with E-state index in [1.807, 2.05) is 24.3 Å². The van der Waals surface area contributed by atoms with Crippen LogP contribution >= 0.6 is 27.7 Å². The van der Waals surface area contributed by atoms with E-state index in [2.05, 4.69) is 21.2 Å². The molecule has 0 bridgehead atoms. The van der Waals surface area contributed by atoms with Crippen molar-refractivity contribution in [1.82, 2.24) is 5.32 Å². The van der Waals surface area contributed by atoms with Gasteiger partial charge in [-0.3, -0.25) is 4.79 Å². The highest BCUT2D eigenvalue weighted by Gasteiger charge is 2.43. The minimum atomic E-state index is -1.09. The Hall–Kier alpha value is -1.21. The van der Waals surface area contributed by atoms with Gasteiger partial charge in [0.05, 0.1) is 6.61 Å². The number of carbonyl (C=O) groups is 2. The monoisotopic (exact) mass is 387 g/mol. The number of carboxylic acid groups (broad SMARTS) is 1. The fourth-order valence-corrected chi connectivity index (χ4v) is 3.90. The van der Waals surface area contributed by atoms with Crippen LogP contribution in [0.2, 0.25) is 0 Å². The molecule has 1 unspecified atom stereocenters. The van der Waals surface area contributed by atoms with Crippen molar-refractivity contribution in [3.63, 3.8) is 0 Å². The molecule has 22 heavy (non-hydrogen) atoms. The van der Waals surface area contributed by atoms with Gasteiger partial charge in [0, 0.05) is 16.6 Å². The summed E-state index contributed by atoms with van der Waals surface area (Å²) in [5.41, 5.74) is -1.09. The van der Waals surface area contributed by atoms with Crippen molar-refractivity contribution in [3.8, 4) is 5.75 Å². The van der Waals surface area contributed by atoms with Crippen molar-refractivity contribution in [1.29, 1.82) is 0 Å². The third-order valence-electron chi connectivity index (χ3n) is 3.42. The van der Waals surface area contributed by atoms with Crippen molar-refractivity contribution in [2.45, 2.75) is 24.8 Å². The summed E-state index contributed by atoms with van der Waals surface area (Å²) in [6.45, 7) is 0.415. The Bertz CT molecular complexity index is 546. The maximum Gasteiger partial charge on any atom is 0.330 e. The summed E-state index contributed by atoms with van der Waals surface area (Å²) in [5.74, 6) is 0.754. The molecule has 5 nitrogen and oxygen atoms in total. The van der Waals surface area contributed by atoms with Gasteiger partial charge in [-0.25, -0.2) is 4.79 Å². The van der Waals surface area contributed by atoms with Gasteiger partial charge in [0.1, 0.15) is 11.3 Å². The largest absolute Gasteiger partial charge is 0.494 e. The number of hydrogen-bond donors (Lipinski definition) is 2. The van der Waals surface area contributed by atoms with Crippen molar-refractivity contribution >= 4 is 39.6 Å². The Labute approximate surface area is 141 Å². The van der Waals surface area contributed by atoms with Crippen molar-refractivity contribution in [2.75, 3.05) is 18.1 Å². The first-order valence-corrected chi connectivity index (χ1v) is 8.97. The molecule has 2 rings (SSSR count). The molecule has 1 aromatic carbocycles. The van der Waals surface area contributed by atoms with Crippen LogP contribution in [0.3, 0.4) is 0 Å². The molecule has 1 saturated heterocycles. The molecule has 1 aliphatic heterocycles. The summed E-state index contributed by atoms with van der Waals surface area (Å²) in [6.07, 6.45) is 1.28. The van der Waals surface area contributed by atoms with Crippen LogP contribution in [-0.4, -0.2) is 40.6 Å². The molecule has 1 aliphatic rings. The first kappa shape index (κ1) is 17.1. The van der Waals surface area contributed by atoms with Crippen LogP contribution in [-0.2, 0) is 9.59 Å². The van der Waals surface area contributed by atoms with Gasteiger partial charge in [-0.15, -0.1) is 0 Å². The van der Waals surface area contributed by atoms with E-state index in [0.717, 1.165) is 16.0 Å². The van der Waals surface area contributed by atoms with Crippen LogP contribution in [0.5, 0.6) is 5.75 Å². The second kappa shape index (κ2) is 7.87. The molecule has 1 aromatic rings. The zero-order valence-electron chi connectivity index (χ0n) is 12.0. The maximum atomic E-state index is 11.9. The number of carboxylic acids is 1. The average molecular weight is 388 g/mol. The standard InChI is InChI=1S/C15H18BrNO4S/c16-11-3-1-4-12(9-11)21-7-2-5-13(18)17-15(14(19)20)6-8-22-10-15/h1,3-4,9H,2,5-8,10H2,(H,17,18)(H,19,20). The lowest BCUT2D eigenvalue weighted by atomic mass is 9.99. The van der Waals surface area contributed by atoms with Gasteiger partial charge in [0.2, 0.25) is 5.91 Å². The fraction of sp³-hybridized carbons (Fsp3) is 0.467. The SMILES string of the molecule is O=C(CCCOc1cccc(Br)c1)NC1(C(=O)O)CCSC1. The third-order valence-corrected chi connectivity index (χ3v) is 5.11. The van der Waals surface area contributed by atoms with Gasteiger partial charge in [0.25, 0.3) is 0 Å². The molecule has 2 N–H and O–H groups in total. The number of ether oxygens (including phenoxy) is 1. The Balaban J connectivity index is 1.72. The quantitative estimate of drug-likeness (QED) is 0.703. The van der Waals surface area contributed by atoms with E-state index >= 15 is 0 Å². The predicted octanol–water partition coefficient (Wildman–Crippen LogP) is 2.68. The summed E-state index contributed by atoms with van der Waals surface area (Å²) in [5, 5.41) is 12.0. The number of amides is 1. The number of rotatable bonds is 7. The number of halogens is 1. The maximum absolute atomic E-state index is 11.9. The van der Waals surface area contributed by atoms with Crippen molar-refractivity contribution in [3.05, 3.63) is 28.7 Å². The summed E-state index contributed by atoms with van der Waals surface area (Å²) < 4.78 is 6.48. The molecular formula is C15H18BrNO4S. The minimum absolute atomic E-state index is 0.234. The molecule has 0 radical (unpaired) electrons. The first-order valence-electron chi connectivity index (χ1n) is 7.02. The van der Waals surface area contributed by atoms with Crippen LogP contribution in [0.4, 0.5) is 0 Å². The van der Waals surface area contributed by atoms with Gasteiger partial charge in [0.15, 0.2) is 0 Å². The highest BCUT2D eigenvalue weighted by atomic mass is 79.9. The second-order valence-electron chi connectivity index (χ2n) is 5.15. The molecule has 1 atom stereocenters. The number of thioether (sulfide) groups is 1. The van der Waals surface area contributed by atoms with E-state index < -0.39 is 11.5 Å². The number of benzene rings is 1. The van der Waals surface area contributed by atoms with Crippen molar-refractivity contribution < 1.29 is 19.4 Å². The molecule has 120 valence electrons. The lowest BCUT2D eigenvalue weighted by Gasteiger charge is -2.24. The Kier molecular flexibility index (Phi) is 6.14. The molecular weight excluding hydrogens is 370 g/mol. The van der Waals surface area contributed by atoms with E-state index in [0.29, 0.717) is 25.2 Å². The first-order chi connectivity index (χ1) is 10.5. The van der Waals surface area contributed by atoms with Gasteiger partial charge in [-0.2, -0.15) is 11.8 Å². The number of aliphatic carboxylic acids is 1. The molecule has 0 saturated carbocycles.